The van der Waals surface area contributed by atoms with Gasteiger partial charge in [-0.3, -0.25) is 9.69 Å². The summed E-state index contributed by atoms with van der Waals surface area (Å²) in [6.07, 6.45) is 2.04. The molecule has 21 heavy (non-hydrogen) atoms. The largest absolute Gasteiger partial charge is 0.361 e. The maximum atomic E-state index is 12.1. The molecule has 1 saturated heterocycles. The Bertz CT molecular complexity index is 634. The molecule has 7 heteroatoms. The van der Waals surface area contributed by atoms with E-state index >= 15 is 0 Å². The predicted molar refractivity (Wildman–Crippen MR) is 74.7 cm³/mol. The van der Waals surface area contributed by atoms with Crippen LogP contribution >= 0.6 is 0 Å². The van der Waals surface area contributed by atoms with E-state index in [4.69, 9.17) is 9.05 Å². The summed E-state index contributed by atoms with van der Waals surface area (Å²) in [5, 5.41) is 10.6. The topological polar surface area (TPSA) is 84.4 Å². The van der Waals surface area contributed by atoms with Crippen molar-refractivity contribution in [3.63, 3.8) is 0 Å². The van der Waals surface area contributed by atoms with Gasteiger partial charge < -0.3 is 14.4 Å². The summed E-state index contributed by atoms with van der Waals surface area (Å²) in [6.45, 7) is 4.84. The van der Waals surface area contributed by atoms with Crippen molar-refractivity contribution in [1.29, 1.82) is 0 Å². The highest BCUT2D eigenvalue weighted by atomic mass is 16.5. The Morgan fingerprint density at radius 3 is 2.76 bits per heavy atom. The van der Waals surface area contributed by atoms with Crippen molar-refractivity contribution in [2.45, 2.75) is 32.7 Å². The number of anilines is 1. The van der Waals surface area contributed by atoms with Crippen molar-refractivity contribution in [3.8, 4) is 0 Å². The molecule has 112 valence electrons. The zero-order valence-electron chi connectivity index (χ0n) is 12.1. The number of nitrogens with one attached hydrogen (secondary N) is 1. The number of nitrogens with zero attached hydrogens (tertiary/aromatic N) is 3. The first-order valence-corrected chi connectivity index (χ1v) is 7.02. The standard InChI is InChI=1S/C14H18N4O3/c1-9-6-11(16-20-9)12-4-3-5-18(12)8-14(19)15-13-7-10(2)21-17-13/h6-7,12H,3-5,8H2,1-2H3,(H,15,17,19)/t12-/m0/s1. The summed E-state index contributed by atoms with van der Waals surface area (Å²) in [5.74, 6) is 1.81. The van der Waals surface area contributed by atoms with Gasteiger partial charge in [-0.1, -0.05) is 10.3 Å². The summed E-state index contributed by atoms with van der Waals surface area (Å²) in [5.41, 5.74) is 0.898. The van der Waals surface area contributed by atoms with Gasteiger partial charge in [0.05, 0.1) is 12.6 Å². The first-order chi connectivity index (χ1) is 10.1. The van der Waals surface area contributed by atoms with Crippen LogP contribution in [-0.2, 0) is 4.79 Å². The number of carbonyl (C=O) groups excluding carboxylic acids is 1. The Kier molecular flexibility index (Phi) is 3.74. The number of amides is 1. The van der Waals surface area contributed by atoms with Gasteiger partial charge in [-0.15, -0.1) is 0 Å². The molecule has 0 saturated carbocycles. The van der Waals surface area contributed by atoms with Crippen LogP contribution in [0.2, 0.25) is 0 Å². The van der Waals surface area contributed by atoms with Gasteiger partial charge in [-0.25, -0.2) is 0 Å². The summed E-state index contributed by atoms with van der Waals surface area (Å²) < 4.78 is 10.1. The monoisotopic (exact) mass is 290 g/mol. The van der Waals surface area contributed by atoms with Gasteiger partial charge in [0, 0.05) is 12.1 Å². The normalized spacial score (nSPS) is 19.0. The number of aromatic nitrogens is 2. The molecule has 0 spiro atoms. The molecule has 0 unspecified atom stereocenters. The van der Waals surface area contributed by atoms with Crippen molar-refractivity contribution in [1.82, 2.24) is 15.2 Å². The Morgan fingerprint density at radius 2 is 2.10 bits per heavy atom. The lowest BCUT2D eigenvalue weighted by Gasteiger charge is -2.21. The first-order valence-electron chi connectivity index (χ1n) is 7.02. The molecule has 1 N–H and O–H groups in total. The summed E-state index contributed by atoms with van der Waals surface area (Å²) in [7, 11) is 0. The molecule has 0 aliphatic carbocycles. The van der Waals surface area contributed by atoms with E-state index in [9.17, 15) is 4.79 Å². The number of likely N-dealkylation sites (tertiary alicyclic amines) is 1. The van der Waals surface area contributed by atoms with E-state index in [2.05, 4.69) is 20.5 Å². The summed E-state index contributed by atoms with van der Waals surface area (Å²) in [4.78, 5) is 14.2. The molecule has 3 rings (SSSR count). The molecule has 1 aliphatic heterocycles. The van der Waals surface area contributed by atoms with Crippen molar-refractivity contribution in [2.24, 2.45) is 0 Å². The van der Waals surface area contributed by atoms with Gasteiger partial charge in [0.1, 0.15) is 17.2 Å². The lowest BCUT2D eigenvalue weighted by molar-refractivity contribution is -0.117. The van der Waals surface area contributed by atoms with Gasteiger partial charge in [0.2, 0.25) is 5.91 Å². The van der Waals surface area contributed by atoms with Crippen LogP contribution in [0.5, 0.6) is 0 Å². The third-order valence-electron chi connectivity index (χ3n) is 3.59. The van der Waals surface area contributed by atoms with Crippen LogP contribution in [-0.4, -0.2) is 34.2 Å². The molecule has 1 atom stereocenters. The SMILES string of the molecule is Cc1cc(NC(=O)CN2CCC[C@H]2c2cc(C)on2)no1. The van der Waals surface area contributed by atoms with E-state index in [1.807, 2.05) is 13.0 Å². The second-order valence-electron chi connectivity index (χ2n) is 5.36. The summed E-state index contributed by atoms with van der Waals surface area (Å²) >= 11 is 0. The molecule has 0 radical (unpaired) electrons. The van der Waals surface area contributed by atoms with Gasteiger partial charge in [-0.2, -0.15) is 0 Å². The molecular weight excluding hydrogens is 272 g/mol. The van der Waals surface area contributed by atoms with Crippen LogP contribution in [0.4, 0.5) is 5.82 Å². The Balaban J connectivity index is 1.62. The fraction of sp³-hybridized carbons (Fsp3) is 0.500. The number of hydrogen-bond acceptors (Lipinski definition) is 6. The van der Waals surface area contributed by atoms with E-state index in [0.717, 1.165) is 30.8 Å². The van der Waals surface area contributed by atoms with Crippen LogP contribution in [0, 0.1) is 13.8 Å². The fourth-order valence-corrected chi connectivity index (χ4v) is 2.69. The Morgan fingerprint density at radius 1 is 1.33 bits per heavy atom. The van der Waals surface area contributed by atoms with Crippen LogP contribution in [0.15, 0.2) is 21.2 Å². The van der Waals surface area contributed by atoms with E-state index in [0.29, 0.717) is 18.1 Å². The molecule has 0 bridgehead atoms. The maximum absolute atomic E-state index is 12.1. The smallest absolute Gasteiger partial charge is 0.239 e. The van der Waals surface area contributed by atoms with E-state index in [1.165, 1.54) is 0 Å². The van der Waals surface area contributed by atoms with Gasteiger partial charge in [-0.05, 0) is 33.2 Å². The lowest BCUT2D eigenvalue weighted by Crippen LogP contribution is -2.33. The Labute approximate surface area is 122 Å². The molecular formula is C14H18N4O3. The minimum absolute atomic E-state index is 0.101. The molecule has 0 aromatic carbocycles. The van der Waals surface area contributed by atoms with Crippen molar-refractivity contribution in [3.05, 3.63) is 29.3 Å². The molecule has 2 aromatic rings. The zero-order chi connectivity index (χ0) is 14.8. The van der Waals surface area contributed by atoms with E-state index in [1.54, 1.807) is 13.0 Å². The van der Waals surface area contributed by atoms with Crippen LogP contribution in [0.3, 0.4) is 0 Å². The zero-order valence-corrected chi connectivity index (χ0v) is 12.1. The van der Waals surface area contributed by atoms with Gasteiger partial charge in [0.25, 0.3) is 0 Å². The van der Waals surface area contributed by atoms with Crippen LogP contribution < -0.4 is 5.32 Å². The second kappa shape index (κ2) is 5.69. The molecule has 1 fully saturated rings. The number of carbonyl (C=O) groups is 1. The lowest BCUT2D eigenvalue weighted by atomic mass is 10.1. The predicted octanol–water partition coefficient (Wildman–Crippen LogP) is 2.06. The first kappa shape index (κ1) is 13.8. The molecule has 2 aromatic heterocycles. The fourth-order valence-electron chi connectivity index (χ4n) is 2.69. The van der Waals surface area contributed by atoms with Crippen molar-refractivity contribution >= 4 is 11.7 Å². The third-order valence-corrected chi connectivity index (χ3v) is 3.59. The average molecular weight is 290 g/mol. The van der Waals surface area contributed by atoms with Crippen molar-refractivity contribution in [2.75, 3.05) is 18.4 Å². The van der Waals surface area contributed by atoms with Gasteiger partial charge in [0.15, 0.2) is 5.82 Å². The maximum Gasteiger partial charge on any atom is 0.239 e. The molecule has 1 aliphatic rings. The number of aryl methyl sites for hydroxylation is 2. The second-order valence-corrected chi connectivity index (χ2v) is 5.36. The van der Waals surface area contributed by atoms with Gasteiger partial charge >= 0.3 is 0 Å². The highest BCUT2D eigenvalue weighted by Gasteiger charge is 2.29. The highest BCUT2D eigenvalue weighted by Crippen LogP contribution is 2.31. The van der Waals surface area contributed by atoms with Crippen molar-refractivity contribution < 1.29 is 13.8 Å². The molecule has 3 heterocycles. The quantitative estimate of drug-likeness (QED) is 0.927. The molecule has 7 nitrogen and oxygen atoms in total. The minimum atomic E-state index is -0.101. The average Bonchev–Trinajstić information content (AvgIpc) is 3.12. The van der Waals surface area contributed by atoms with E-state index in [-0.39, 0.29) is 11.9 Å². The van der Waals surface area contributed by atoms with Crippen LogP contribution in [0.25, 0.3) is 0 Å². The van der Waals surface area contributed by atoms with E-state index < -0.39 is 0 Å². The number of rotatable bonds is 4. The third kappa shape index (κ3) is 3.13. The highest BCUT2D eigenvalue weighted by molar-refractivity contribution is 5.91. The van der Waals surface area contributed by atoms with Crippen LogP contribution in [0.1, 0.15) is 36.1 Å². The summed E-state index contributed by atoms with van der Waals surface area (Å²) in [6, 6.07) is 3.77. The minimum Gasteiger partial charge on any atom is -0.361 e. The Hall–Kier alpha value is -2.15. The molecule has 1 amide bonds. The number of hydrogen-bond donors (Lipinski definition) is 1.